The second-order valence-corrected chi connectivity index (χ2v) is 6.89. The van der Waals surface area contributed by atoms with Crippen molar-refractivity contribution < 1.29 is 13.9 Å². The van der Waals surface area contributed by atoms with Gasteiger partial charge in [-0.3, -0.25) is 4.79 Å². The highest BCUT2D eigenvalue weighted by atomic mass is 19.1. The van der Waals surface area contributed by atoms with Crippen LogP contribution in [0.25, 0.3) is 10.4 Å². The van der Waals surface area contributed by atoms with E-state index in [0.717, 1.165) is 25.7 Å². The van der Waals surface area contributed by atoms with Crippen molar-refractivity contribution in [3.8, 4) is 5.75 Å². The highest BCUT2D eigenvalue weighted by Gasteiger charge is 2.53. The summed E-state index contributed by atoms with van der Waals surface area (Å²) in [7, 11) is 0. The summed E-state index contributed by atoms with van der Waals surface area (Å²) >= 11 is 0. The molecule has 0 radical (unpaired) electrons. The van der Waals surface area contributed by atoms with Gasteiger partial charge >= 0.3 is 0 Å². The van der Waals surface area contributed by atoms with Crippen molar-refractivity contribution in [3.63, 3.8) is 0 Å². The van der Waals surface area contributed by atoms with Gasteiger partial charge in [0.15, 0.2) is 0 Å². The zero-order chi connectivity index (χ0) is 16.0. The van der Waals surface area contributed by atoms with Gasteiger partial charge in [0.2, 0.25) is 0 Å². The van der Waals surface area contributed by atoms with Crippen molar-refractivity contribution in [2.24, 2.45) is 10.5 Å². The first-order valence-electron chi connectivity index (χ1n) is 7.88. The Labute approximate surface area is 132 Å². The van der Waals surface area contributed by atoms with Crippen LogP contribution in [0.4, 0.5) is 4.39 Å². The van der Waals surface area contributed by atoms with Crippen molar-refractivity contribution in [2.75, 3.05) is 13.1 Å². The van der Waals surface area contributed by atoms with Gasteiger partial charge in [-0.1, -0.05) is 5.11 Å². The number of azide groups is 1. The third kappa shape index (κ3) is 2.61. The van der Waals surface area contributed by atoms with Crippen molar-refractivity contribution in [1.82, 2.24) is 4.90 Å². The summed E-state index contributed by atoms with van der Waals surface area (Å²) in [5, 5.41) is 3.71. The quantitative estimate of drug-likeness (QED) is 0.485. The van der Waals surface area contributed by atoms with Crippen LogP contribution in [0.15, 0.2) is 23.3 Å². The van der Waals surface area contributed by atoms with Crippen LogP contribution < -0.4 is 4.74 Å². The highest BCUT2D eigenvalue weighted by molar-refractivity contribution is 5.97. The Morgan fingerprint density at radius 3 is 2.78 bits per heavy atom. The SMILES string of the molecule is [N-]=[N+]=NC1CC2(C1)CN(C(=O)c1ccc(F)cc1OC1CC1)C2. The molecule has 1 aromatic rings. The Morgan fingerprint density at radius 2 is 2.13 bits per heavy atom. The number of halogens is 1. The molecule has 1 spiro atoms. The lowest BCUT2D eigenvalue weighted by molar-refractivity contribution is -0.0532. The second-order valence-electron chi connectivity index (χ2n) is 6.89. The fraction of sp³-hybridized carbons (Fsp3) is 0.562. The Morgan fingerprint density at radius 1 is 1.39 bits per heavy atom. The predicted octanol–water partition coefficient (Wildman–Crippen LogP) is 3.28. The van der Waals surface area contributed by atoms with Crippen LogP contribution in [0.1, 0.15) is 36.0 Å². The molecule has 1 heterocycles. The van der Waals surface area contributed by atoms with Gasteiger partial charge in [-0.15, -0.1) is 0 Å². The lowest BCUT2D eigenvalue weighted by Gasteiger charge is -2.58. The number of nitrogens with zero attached hydrogens (tertiary/aromatic N) is 4. The average molecular weight is 316 g/mol. The first kappa shape index (κ1) is 14.3. The van der Waals surface area contributed by atoms with Gasteiger partial charge in [-0.2, -0.15) is 0 Å². The molecule has 0 unspecified atom stereocenters. The molecule has 2 aliphatic carbocycles. The molecule has 3 aliphatic rings. The number of hydrogen-bond donors (Lipinski definition) is 0. The van der Waals surface area contributed by atoms with E-state index in [4.69, 9.17) is 10.3 Å². The molecule has 1 saturated heterocycles. The van der Waals surface area contributed by atoms with Gasteiger partial charge in [0.05, 0.1) is 11.7 Å². The van der Waals surface area contributed by atoms with Gasteiger partial charge < -0.3 is 9.64 Å². The second kappa shape index (κ2) is 5.13. The molecule has 120 valence electrons. The van der Waals surface area contributed by atoms with Crippen molar-refractivity contribution in [1.29, 1.82) is 0 Å². The smallest absolute Gasteiger partial charge is 0.257 e. The summed E-state index contributed by atoms with van der Waals surface area (Å²) in [5.74, 6) is -0.161. The molecule has 1 aromatic carbocycles. The maximum Gasteiger partial charge on any atom is 0.257 e. The van der Waals surface area contributed by atoms with Crippen molar-refractivity contribution in [2.45, 2.75) is 37.8 Å². The molecule has 1 aliphatic heterocycles. The molecule has 2 saturated carbocycles. The van der Waals surface area contributed by atoms with E-state index in [1.807, 2.05) is 0 Å². The van der Waals surface area contributed by atoms with E-state index < -0.39 is 5.82 Å². The summed E-state index contributed by atoms with van der Waals surface area (Å²) in [6.45, 7) is 1.34. The molecule has 0 aromatic heterocycles. The number of benzene rings is 1. The van der Waals surface area contributed by atoms with Crippen LogP contribution in [0.5, 0.6) is 5.75 Å². The van der Waals surface area contributed by atoms with Crippen LogP contribution >= 0.6 is 0 Å². The number of likely N-dealkylation sites (tertiary alicyclic amines) is 1. The Balaban J connectivity index is 1.43. The maximum absolute atomic E-state index is 13.4. The molecular formula is C16H17FN4O2. The third-order valence-corrected chi connectivity index (χ3v) is 4.88. The Kier molecular flexibility index (Phi) is 3.20. The zero-order valence-electron chi connectivity index (χ0n) is 12.6. The molecule has 1 amide bonds. The van der Waals surface area contributed by atoms with E-state index in [-0.39, 0.29) is 23.5 Å². The van der Waals surface area contributed by atoms with E-state index in [1.54, 1.807) is 4.90 Å². The minimum atomic E-state index is -0.395. The molecule has 0 N–H and O–H groups in total. The van der Waals surface area contributed by atoms with Crippen LogP contribution in [0.2, 0.25) is 0 Å². The predicted molar refractivity (Wildman–Crippen MR) is 80.6 cm³/mol. The number of ether oxygens (including phenoxy) is 1. The lowest BCUT2D eigenvalue weighted by atomic mass is 9.61. The normalized spacial score (nSPS) is 22.0. The third-order valence-electron chi connectivity index (χ3n) is 4.88. The number of rotatable bonds is 4. The molecule has 7 heteroatoms. The standard InChI is InChI=1S/C16H17FN4O2/c17-10-1-4-13(14(5-10)23-12-2-3-12)15(22)21-8-16(9-21)6-11(7-16)19-20-18/h1,4-5,11-12H,2-3,6-9H2. The van der Waals surface area contributed by atoms with Crippen LogP contribution in [0.3, 0.4) is 0 Å². The molecule has 0 bridgehead atoms. The first-order valence-corrected chi connectivity index (χ1v) is 7.88. The summed E-state index contributed by atoms with van der Waals surface area (Å²) in [5.41, 5.74) is 8.98. The van der Waals surface area contributed by atoms with E-state index in [2.05, 4.69) is 10.0 Å². The average Bonchev–Trinajstić information content (AvgIpc) is 3.23. The fourth-order valence-electron chi connectivity index (χ4n) is 3.57. The van der Waals surface area contributed by atoms with Crippen LogP contribution in [-0.4, -0.2) is 36.0 Å². The monoisotopic (exact) mass is 316 g/mol. The highest BCUT2D eigenvalue weighted by Crippen LogP contribution is 2.50. The molecule has 23 heavy (non-hydrogen) atoms. The largest absolute Gasteiger partial charge is 0.489 e. The molecule has 4 rings (SSSR count). The van der Waals surface area contributed by atoms with Crippen LogP contribution in [-0.2, 0) is 0 Å². The van der Waals surface area contributed by atoms with Gasteiger partial charge in [-0.05, 0) is 43.3 Å². The molecule has 6 nitrogen and oxygen atoms in total. The van der Waals surface area contributed by atoms with Crippen molar-refractivity contribution in [3.05, 3.63) is 40.0 Å². The summed E-state index contributed by atoms with van der Waals surface area (Å²) in [4.78, 5) is 17.2. The fourth-order valence-corrected chi connectivity index (χ4v) is 3.57. The van der Waals surface area contributed by atoms with E-state index in [0.29, 0.717) is 24.4 Å². The number of hydrogen-bond acceptors (Lipinski definition) is 3. The minimum absolute atomic E-state index is 0.0665. The van der Waals surface area contributed by atoms with Crippen molar-refractivity contribution >= 4 is 5.91 Å². The molecule has 3 fully saturated rings. The Hall–Kier alpha value is -2.27. The zero-order valence-corrected chi connectivity index (χ0v) is 12.6. The van der Waals surface area contributed by atoms with Crippen LogP contribution in [0, 0.1) is 11.2 Å². The molecular weight excluding hydrogens is 299 g/mol. The maximum atomic E-state index is 13.4. The number of carbonyl (C=O) groups is 1. The lowest BCUT2D eigenvalue weighted by Crippen LogP contribution is -2.64. The van der Waals surface area contributed by atoms with Gasteiger partial charge in [0, 0.05) is 35.5 Å². The van der Waals surface area contributed by atoms with E-state index in [9.17, 15) is 9.18 Å². The molecule has 0 atom stereocenters. The topological polar surface area (TPSA) is 78.3 Å². The number of amides is 1. The summed E-state index contributed by atoms with van der Waals surface area (Å²) in [6, 6.07) is 4.16. The van der Waals surface area contributed by atoms with Gasteiger partial charge in [0.25, 0.3) is 5.91 Å². The van der Waals surface area contributed by atoms with E-state index >= 15 is 0 Å². The minimum Gasteiger partial charge on any atom is -0.489 e. The first-order chi connectivity index (χ1) is 11.1. The van der Waals surface area contributed by atoms with Gasteiger partial charge in [0.1, 0.15) is 11.6 Å². The summed E-state index contributed by atoms with van der Waals surface area (Å²) < 4.78 is 19.1. The Bertz CT molecular complexity index is 698. The van der Waals surface area contributed by atoms with E-state index in [1.165, 1.54) is 18.2 Å². The summed E-state index contributed by atoms with van der Waals surface area (Å²) in [6.07, 6.45) is 3.71. The number of carbonyl (C=O) groups excluding carboxylic acids is 1. The van der Waals surface area contributed by atoms with Gasteiger partial charge in [-0.25, -0.2) is 4.39 Å².